The average Bonchev–Trinajstić information content (AvgIpc) is 3.22. The predicted molar refractivity (Wildman–Crippen MR) is 132 cm³/mol. The number of hydrogen-bond acceptors (Lipinski definition) is 7. The lowest BCUT2D eigenvalue weighted by Crippen LogP contribution is -2.37. The van der Waals surface area contributed by atoms with Crippen molar-refractivity contribution in [1.29, 1.82) is 0 Å². The van der Waals surface area contributed by atoms with E-state index >= 15 is 0 Å². The van der Waals surface area contributed by atoms with Gasteiger partial charge in [-0.3, -0.25) is 24.0 Å². The van der Waals surface area contributed by atoms with Gasteiger partial charge in [0.1, 0.15) is 6.10 Å². The highest BCUT2D eigenvalue weighted by atomic mass is 16.6. The lowest BCUT2D eigenvalue weighted by atomic mass is 10.0. The molecule has 0 unspecified atom stereocenters. The third-order valence-electron chi connectivity index (χ3n) is 6.74. The molecule has 4 aromatic rings. The molecule has 0 radical (unpaired) electrons. The zero-order chi connectivity index (χ0) is 25.9. The Hall–Kier alpha value is -4.38. The third kappa shape index (κ3) is 3.31. The van der Waals surface area contributed by atoms with Gasteiger partial charge in [-0.05, 0) is 24.6 Å². The second-order valence-electron chi connectivity index (χ2n) is 8.76. The van der Waals surface area contributed by atoms with Crippen molar-refractivity contribution in [3.63, 3.8) is 0 Å². The highest BCUT2D eigenvalue weighted by molar-refractivity contribution is 5.97. The van der Waals surface area contributed by atoms with E-state index in [-0.39, 0.29) is 29.2 Å². The fourth-order valence-corrected chi connectivity index (χ4v) is 4.94. The van der Waals surface area contributed by atoms with Crippen LogP contribution in [-0.4, -0.2) is 37.4 Å². The number of aromatic nitrogens is 3. The number of nitro groups is 1. The number of phenolic OH excluding ortho intramolecular Hbond substituents is 1. The van der Waals surface area contributed by atoms with Crippen LogP contribution < -0.4 is 16.0 Å². The van der Waals surface area contributed by atoms with Gasteiger partial charge in [0.05, 0.1) is 40.9 Å². The predicted octanol–water partition coefficient (Wildman–Crippen LogP) is 2.76. The molecule has 2 aromatic carbocycles. The Morgan fingerprint density at radius 3 is 2.58 bits per heavy atom. The van der Waals surface area contributed by atoms with Gasteiger partial charge in [0, 0.05) is 37.8 Å². The maximum Gasteiger partial charge on any atom is 0.331 e. The van der Waals surface area contributed by atoms with E-state index in [0.29, 0.717) is 40.1 Å². The van der Waals surface area contributed by atoms with E-state index in [1.54, 1.807) is 38.2 Å². The number of fused-ring (bicyclic) bond motifs is 3. The van der Waals surface area contributed by atoms with Gasteiger partial charge in [0.2, 0.25) is 0 Å². The van der Waals surface area contributed by atoms with Gasteiger partial charge >= 0.3 is 5.69 Å². The van der Waals surface area contributed by atoms with Crippen LogP contribution in [0.4, 0.5) is 5.69 Å². The van der Waals surface area contributed by atoms with Crippen molar-refractivity contribution in [2.45, 2.75) is 19.6 Å². The van der Waals surface area contributed by atoms with Gasteiger partial charge in [0.25, 0.3) is 11.2 Å². The average molecular weight is 492 g/mol. The lowest BCUT2D eigenvalue weighted by Gasteiger charge is -2.28. The standard InChI is InChI=1S/C25H24N4O7/c1-13-5-6-14(11-16(13)29(33)34)20-19-21(26(2)25(32)27(3)24(19)31)22-23(36-10-9-28(20)22)15-7-8-17(30)18(12-15)35-4/h5-8,11-12,23,30H,9-10H2,1-4H3/t23-/m0/s1. The molecule has 1 atom stereocenters. The number of ether oxygens (including phenoxy) is 2. The molecule has 0 amide bonds. The van der Waals surface area contributed by atoms with Gasteiger partial charge < -0.3 is 19.1 Å². The molecule has 3 heterocycles. The summed E-state index contributed by atoms with van der Waals surface area (Å²) in [6.07, 6.45) is -0.692. The number of hydrogen-bond donors (Lipinski definition) is 1. The van der Waals surface area contributed by atoms with Crippen LogP contribution in [0.2, 0.25) is 0 Å². The Labute approximate surface area is 204 Å². The molecule has 36 heavy (non-hydrogen) atoms. The number of aromatic hydroxyl groups is 1. The minimum absolute atomic E-state index is 0.0359. The van der Waals surface area contributed by atoms with Gasteiger partial charge in [-0.2, -0.15) is 0 Å². The summed E-state index contributed by atoms with van der Waals surface area (Å²) >= 11 is 0. The van der Waals surface area contributed by atoms with E-state index < -0.39 is 22.3 Å². The summed E-state index contributed by atoms with van der Waals surface area (Å²) in [5.74, 6) is 0.217. The number of methoxy groups -OCH3 is 1. The number of benzene rings is 2. The highest BCUT2D eigenvalue weighted by Crippen LogP contribution is 2.42. The van der Waals surface area contributed by atoms with E-state index in [0.717, 1.165) is 4.57 Å². The van der Waals surface area contributed by atoms with Gasteiger partial charge in [-0.1, -0.05) is 18.2 Å². The Morgan fingerprint density at radius 1 is 1.14 bits per heavy atom. The quantitative estimate of drug-likeness (QED) is 0.342. The SMILES string of the molecule is COc1cc([C@@H]2OCCn3c(-c4ccc(C)c([N+](=O)[O-])c4)c4c(=O)n(C)c(=O)n(C)c4c32)ccc1O. The first-order valence-electron chi connectivity index (χ1n) is 11.2. The van der Waals surface area contributed by atoms with E-state index in [4.69, 9.17) is 9.47 Å². The second-order valence-corrected chi connectivity index (χ2v) is 8.76. The molecule has 1 aliphatic rings. The van der Waals surface area contributed by atoms with E-state index in [9.17, 15) is 24.8 Å². The summed E-state index contributed by atoms with van der Waals surface area (Å²) in [6, 6.07) is 9.66. The van der Waals surface area contributed by atoms with Crippen molar-refractivity contribution < 1.29 is 19.5 Å². The van der Waals surface area contributed by atoms with Crippen molar-refractivity contribution >= 4 is 16.6 Å². The first-order valence-corrected chi connectivity index (χ1v) is 11.2. The molecular formula is C25H24N4O7. The lowest BCUT2D eigenvalue weighted by molar-refractivity contribution is -0.385. The monoisotopic (exact) mass is 492 g/mol. The molecule has 0 bridgehead atoms. The van der Waals surface area contributed by atoms with Gasteiger partial charge in [0.15, 0.2) is 11.5 Å². The van der Waals surface area contributed by atoms with Gasteiger partial charge in [-0.25, -0.2) is 4.79 Å². The molecule has 11 heteroatoms. The molecule has 0 saturated heterocycles. The Balaban J connectivity index is 1.91. The van der Waals surface area contributed by atoms with Gasteiger partial charge in [-0.15, -0.1) is 0 Å². The van der Waals surface area contributed by atoms with Crippen molar-refractivity contribution in [1.82, 2.24) is 13.7 Å². The topological polar surface area (TPSA) is 131 Å². The number of nitrogens with zero attached hydrogens (tertiary/aromatic N) is 4. The summed E-state index contributed by atoms with van der Waals surface area (Å²) < 4.78 is 15.7. The van der Waals surface area contributed by atoms with Crippen LogP contribution >= 0.6 is 0 Å². The molecule has 5 rings (SSSR count). The number of nitro benzene ring substituents is 1. The van der Waals surface area contributed by atoms with Crippen LogP contribution in [0, 0.1) is 17.0 Å². The van der Waals surface area contributed by atoms with Crippen LogP contribution in [0.15, 0.2) is 46.0 Å². The normalized spacial score (nSPS) is 15.2. The molecule has 0 saturated carbocycles. The number of rotatable bonds is 4. The maximum absolute atomic E-state index is 13.5. The smallest absolute Gasteiger partial charge is 0.331 e. The largest absolute Gasteiger partial charge is 0.504 e. The number of phenols is 1. The maximum atomic E-state index is 13.5. The second kappa shape index (κ2) is 8.38. The van der Waals surface area contributed by atoms with Crippen molar-refractivity contribution in [3.8, 4) is 22.8 Å². The van der Waals surface area contributed by atoms with Crippen LogP contribution in [0.3, 0.4) is 0 Å². The minimum atomic E-state index is -0.692. The summed E-state index contributed by atoms with van der Waals surface area (Å²) in [7, 11) is 4.42. The molecule has 0 aliphatic carbocycles. The summed E-state index contributed by atoms with van der Waals surface area (Å²) in [5.41, 5.74) is 2.00. The molecule has 1 N–H and O–H groups in total. The fraction of sp³-hybridized carbons (Fsp3) is 0.280. The Morgan fingerprint density at radius 2 is 1.89 bits per heavy atom. The zero-order valence-electron chi connectivity index (χ0n) is 20.1. The zero-order valence-corrected chi connectivity index (χ0v) is 20.1. The Kier molecular flexibility index (Phi) is 5.44. The molecular weight excluding hydrogens is 468 g/mol. The highest BCUT2D eigenvalue weighted by Gasteiger charge is 2.34. The first-order chi connectivity index (χ1) is 17.1. The summed E-state index contributed by atoms with van der Waals surface area (Å²) in [4.78, 5) is 37.7. The van der Waals surface area contributed by atoms with Crippen molar-refractivity contribution in [2.75, 3.05) is 13.7 Å². The van der Waals surface area contributed by atoms with E-state index in [1.165, 1.54) is 30.9 Å². The molecule has 2 aromatic heterocycles. The van der Waals surface area contributed by atoms with E-state index in [1.807, 2.05) is 4.57 Å². The molecule has 0 spiro atoms. The number of aryl methyl sites for hydroxylation is 2. The minimum Gasteiger partial charge on any atom is -0.504 e. The van der Waals surface area contributed by atoms with Crippen molar-refractivity contribution in [3.05, 3.63) is 84.2 Å². The van der Waals surface area contributed by atoms with Crippen LogP contribution in [0.5, 0.6) is 11.5 Å². The Bertz CT molecular complexity index is 1680. The third-order valence-corrected chi connectivity index (χ3v) is 6.74. The summed E-state index contributed by atoms with van der Waals surface area (Å²) in [5, 5.41) is 22.0. The van der Waals surface area contributed by atoms with Crippen LogP contribution in [-0.2, 0) is 25.4 Å². The molecule has 0 fully saturated rings. The molecule has 186 valence electrons. The molecule has 1 aliphatic heterocycles. The molecule has 11 nitrogen and oxygen atoms in total. The first kappa shape index (κ1) is 23.4. The van der Waals surface area contributed by atoms with Crippen LogP contribution in [0.1, 0.15) is 22.9 Å². The van der Waals surface area contributed by atoms with E-state index in [2.05, 4.69) is 0 Å². The fourth-order valence-electron chi connectivity index (χ4n) is 4.94. The van der Waals surface area contributed by atoms with Crippen LogP contribution in [0.25, 0.3) is 22.2 Å². The summed E-state index contributed by atoms with van der Waals surface area (Å²) in [6.45, 7) is 2.31. The van der Waals surface area contributed by atoms with Crippen molar-refractivity contribution in [2.24, 2.45) is 14.1 Å².